The fourth-order valence-electron chi connectivity index (χ4n) is 12.3. The number of anilines is 1. The van der Waals surface area contributed by atoms with Crippen LogP contribution in [0, 0.1) is 35.5 Å². The van der Waals surface area contributed by atoms with Gasteiger partial charge in [-0.15, -0.1) is 0 Å². The molecule has 81 heavy (non-hydrogen) atoms. The molecule has 0 unspecified atom stereocenters. The van der Waals surface area contributed by atoms with Crippen molar-refractivity contribution < 1.29 is 70.5 Å². The SMILES string of the molecule is CO[C@H]1C[C@@H]2CC[C@@H](C)[C@@](O)(O2)C(=O)C(=O)N2CCCC[C@H]2C(=O)O[C@H]([C@H](C)C[C@@H]2CC[C@@H](OS(=O)(=O)c3cccc4c(N(C)C)cccc34)[C@H](OC)C2)CC(=O)[C@H](C)/C=C(\C)[C@@H](O)[C@@H](OC)C(=O)[C@H](C)C[C@H](C)/C=C/C=C/C=C/1C. The molecule has 2 saturated heterocycles. The minimum absolute atomic E-state index is 0.0114. The van der Waals surface area contributed by atoms with Crippen molar-refractivity contribution in [2.45, 2.75) is 185 Å². The molecule has 1 saturated carbocycles. The number of aliphatic hydroxyl groups excluding tert-OH is 1. The number of carbonyl (C=O) groups is 5. The van der Waals surface area contributed by atoms with Crippen molar-refractivity contribution in [2.24, 2.45) is 35.5 Å². The average Bonchev–Trinajstić information content (AvgIpc) is 3.65. The van der Waals surface area contributed by atoms with E-state index >= 15 is 0 Å². The molecule has 17 nitrogen and oxygen atoms in total. The number of amides is 1. The van der Waals surface area contributed by atoms with Gasteiger partial charge < -0.3 is 43.7 Å². The lowest BCUT2D eigenvalue weighted by molar-refractivity contribution is -0.265. The monoisotopic (exact) mass is 1150 g/mol. The Morgan fingerprint density at radius 1 is 0.815 bits per heavy atom. The van der Waals surface area contributed by atoms with Gasteiger partial charge in [0.2, 0.25) is 5.79 Å². The average molecular weight is 1150 g/mol. The highest BCUT2D eigenvalue weighted by molar-refractivity contribution is 7.87. The number of rotatable bonds is 10. The number of benzene rings is 2. The number of allylic oxidation sites excluding steroid dienone is 6. The lowest BCUT2D eigenvalue weighted by Crippen LogP contribution is -2.61. The molecule has 18 heteroatoms. The van der Waals surface area contributed by atoms with E-state index < -0.39 is 106 Å². The molecule has 15 atom stereocenters. The topological polar surface area (TPSA) is 222 Å². The summed E-state index contributed by atoms with van der Waals surface area (Å²) in [7, 11) is 3.96. The maximum Gasteiger partial charge on any atom is 0.329 e. The van der Waals surface area contributed by atoms with Gasteiger partial charge in [0, 0.05) is 89.0 Å². The molecule has 6 rings (SSSR count). The summed E-state index contributed by atoms with van der Waals surface area (Å²) in [4.78, 5) is 75.0. The molecule has 2 bridgehead atoms. The van der Waals surface area contributed by atoms with Gasteiger partial charge in [-0.2, -0.15) is 8.42 Å². The fraction of sp³-hybridized carbons (Fsp3) is 0.635. The van der Waals surface area contributed by atoms with E-state index in [1.807, 2.05) is 88.3 Å². The number of carbonyl (C=O) groups excluding carboxylic acids is 5. The van der Waals surface area contributed by atoms with Gasteiger partial charge in [0.1, 0.15) is 41.1 Å². The molecule has 4 aliphatic rings. The van der Waals surface area contributed by atoms with Gasteiger partial charge in [0.05, 0.1) is 18.3 Å². The Balaban J connectivity index is 1.28. The van der Waals surface area contributed by atoms with Crippen molar-refractivity contribution in [3.05, 3.63) is 84.0 Å². The largest absolute Gasteiger partial charge is 0.460 e. The summed E-state index contributed by atoms with van der Waals surface area (Å²) in [5.41, 5.74) is 2.07. The zero-order valence-corrected chi connectivity index (χ0v) is 50.5. The number of Topliss-reactive ketones (excluding diaryl/α,β-unsaturated/α-hetero) is 3. The van der Waals surface area contributed by atoms with Crippen molar-refractivity contribution in [1.29, 1.82) is 0 Å². The van der Waals surface area contributed by atoms with Crippen LogP contribution in [0.3, 0.4) is 0 Å². The lowest BCUT2D eigenvalue weighted by Gasteiger charge is -2.42. The summed E-state index contributed by atoms with van der Waals surface area (Å²) in [5.74, 6) is -8.74. The summed E-state index contributed by atoms with van der Waals surface area (Å²) in [6.07, 6.45) is 9.26. The maximum atomic E-state index is 14.7. The molecule has 3 aliphatic heterocycles. The van der Waals surface area contributed by atoms with Gasteiger partial charge in [-0.05, 0) is 119 Å². The van der Waals surface area contributed by atoms with E-state index in [0.29, 0.717) is 68.7 Å². The number of fused-ring (bicyclic) bond motifs is 4. The van der Waals surface area contributed by atoms with E-state index in [-0.39, 0.29) is 54.1 Å². The predicted molar refractivity (Wildman–Crippen MR) is 309 cm³/mol. The molecule has 0 radical (unpaired) electrons. The molecule has 0 aromatic heterocycles. The number of cyclic esters (lactones) is 1. The van der Waals surface area contributed by atoms with E-state index in [0.717, 1.165) is 16.6 Å². The zero-order chi connectivity index (χ0) is 59.5. The molecule has 0 spiro atoms. The van der Waals surface area contributed by atoms with E-state index in [4.69, 9.17) is 27.9 Å². The number of nitrogens with zero attached hydrogens (tertiary/aromatic N) is 2. The number of methoxy groups -OCH3 is 3. The van der Waals surface area contributed by atoms with Gasteiger partial charge in [-0.1, -0.05) is 95.3 Å². The van der Waals surface area contributed by atoms with Crippen molar-refractivity contribution >= 4 is 55.8 Å². The second-order valence-corrected chi connectivity index (χ2v) is 25.2. The standard InChI is InChI=1S/C63H90N2O15S/c1-38-20-14-13-15-21-39(2)53(75-10)36-46-29-27-44(7)63(72,79-46)60(69)61(70)65-31-17-16-24-50(65)62(71)78-54(37-51(66)40(3)33-43(6)58(68)59(77-12)57(67)42(5)32-38)41(4)34-45-28-30-52(55(35-45)76-11)80-81(73,74)56-26-19-22-47-48(56)23-18-25-49(47)64(8)9/h13-15,18-23,25-26,33,38,40-42,44-46,50,52-55,58-59,68,72H,16-17,24,27-32,34-37H2,1-12H3/b15-13+,20-14+,39-21+,43-33+/t38-,40-,41-,42-,44-,45+,46+,50+,52-,53+,54+,55-,58-,59+,63-/m1/s1. The number of hydrogen-bond donors (Lipinski definition) is 2. The molecular formula is C63H90N2O15S. The molecule has 2 N–H and O–H groups in total. The summed E-state index contributed by atoms with van der Waals surface area (Å²) >= 11 is 0. The molecule has 1 amide bonds. The normalized spacial score (nSPS) is 35.0. The number of hydrogen-bond acceptors (Lipinski definition) is 16. The van der Waals surface area contributed by atoms with E-state index in [1.165, 1.54) is 25.2 Å². The maximum absolute atomic E-state index is 14.7. The lowest BCUT2D eigenvalue weighted by atomic mass is 9.78. The first-order valence-corrected chi connectivity index (χ1v) is 30.4. The van der Waals surface area contributed by atoms with Crippen LogP contribution < -0.4 is 4.90 Å². The number of aliphatic hydroxyl groups is 2. The van der Waals surface area contributed by atoms with Crippen LogP contribution in [0.1, 0.15) is 126 Å². The van der Waals surface area contributed by atoms with Crippen LogP contribution >= 0.6 is 0 Å². The van der Waals surface area contributed by atoms with Gasteiger partial charge in [0.15, 0.2) is 5.78 Å². The summed E-state index contributed by atoms with van der Waals surface area (Å²) in [5, 5.41) is 25.0. The highest BCUT2D eigenvalue weighted by atomic mass is 32.2. The molecule has 1 aliphatic carbocycles. The molecule has 2 aromatic carbocycles. The van der Waals surface area contributed by atoms with Crippen molar-refractivity contribution in [3.63, 3.8) is 0 Å². The van der Waals surface area contributed by atoms with Gasteiger partial charge >= 0.3 is 5.97 Å². The van der Waals surface area contributed by atoms with Crippen molar-refractivity contribution in [2.75, 3.05) is 46.9 Å². The van der Waals surface area contributed by atoms with Crippen LogP contribution in [0.15, 0.2) is 88.9 Å². The van der Waals surface area contributed by atoms with E-state index in [1.54, 1.807) is 53.0 Å². The smallest absolute Gasteiger partial charge is 0.329 e. The Hall–Kier alpha value is -4.92. The van der Waals surface area contributed by atoms with E-state index in [9.17, 15) is 42.6 Å². The molecule has 2 aromatic rings. The van der Waals surface area contributed by atoms with Crippen LogP contribution in [-0.2, 0) is 62.0 Å². The predicted octanol–water partition coefficient (Wildman–Crippen LogP) is 8.81. The van der Waals surface area contributed by atoms with Crippen molar-refractivity contribution in [1.82, 2.24) is 4.90 Å². The number of esters is 1. The van der Waals surface area contributed by atoms with Crippen LogP contribution in [0.2, 0.25) is 0 Å². The quantitative estimate of drug-likeness (QED) is 0.0982. The number of ether oxygens (including phenoxy) is 5. The van der Waals surface area contributed by atoms with Crippen molar-refractivity contribution in [3.8, 4) is 0 Å². The van der Waals surface area contributed by atoms with Crippen LogP contribution in [0.5, 0.6) is 0 Å². The highest BCUT2D eigenvalue weighted by Crippen LogP contribution is 2.40. The molecule has 448 valence electrons. The van der Waals surface area contributed by atoms with Crippen LogP contribution in [0.4, 0.5) is 5.69 Å². The minimum Gasteiger partial charge on any atom is -0.460 e. The first kappa shape index (κ1) is 65.2. The molecule has 3 fully saturated rings. The zero-order valence-electron chi connectivity index (χ0n) is 49.7. The Labute approximate surface area is 480 Å². The fourth-order valence-corrected chi connectivity index (χ4v) is 13.6. The Kier molecular flexibility index (Phi) is 23.4. The second-order valence-electron chi connectivity index (χ2n) is 23.6. The first-order chi connectivity index (χ1) is 38.3. The number of piperidine rings is 1. The Bertz CT molecular complexity index is 2770. The second kappa shape index (κ2) is 29.1. The van der Waals surface area contributed by atoms with Gasteiger partial charge in [-0.3, -0.25) is 23.4 Å². The summed E-state index contributed by atoms with van der Waals surface area (Å²) in [6, 6.07) is 9.39. The Morgan fingerprint density at radius 2 is 1.53 bits per heavy atom. The molecule has 3 heterocycles. The van der Waals surface area contributed by atoms with Crippen LogP contribution in [-0.4, -0.2) is 149 Å². The summed E-state index contributed by atoms with van der Waals surface area (Å²) < 4.78 is 64.2. The Morgan fingerprint density at radius 3 is 2.22 bits per heavy atom. The minimum atomic E-state index is -4.26. The third-order valence-electron chi connectivity index (χ3n) is 17.3. The van der Waals surface area contributed by atoms with Crippen LogP contribution in [0.25, 0.3) is 10.8 Å². The highest BCUT2D eigenvalue weighted by Gasteiger charge is 2.53. The third-order valence-corrected chi connectivity index (χ3v) is 18.7. The first-order valence-electron chi connectivity index (χ1n) is 29.0. The molecular weight excluding hydrogens is 1060 g/mol. The third kappa shape index (κ3) is 16.0. The van der Waals surface area contributed by atoms with E-state index in [2.05, 4.69) is 0 Å². The van der Waals surface area contributed by atoms with Gasteiger partial charge in [0.25, 0.3) is 21.8 Å². The summed E-state index contributed by atoms with van der Waals surface area (Å²) in [6.45, 7) is 12.6. The number of ketones is 3. The van der Waals surface area contributed by atoms with Gasteiger partial charge in [-0.25, -0.2) is 4.79 Å².